The maximum absolute atomic E-state index is 12.0. The van der Waals surface area contributed by atoms with Crippen molar-refractivity contribution in [3.63, 3.8) is 0 Å². The highest BCUT2D eigenvalue weighted by Crippen LogP contribution is 2.20. The van der Waals surface area contributed by atoms with Gasteiger partial charge in [-0.1, -0.05) is 0 Å². The molecule has 0 spiro atoms. The second-order valence-corrected chi connectivity index (χ2v) is 7.97. The number of imidazole rings is 2. The van der Waals surface area contributed by atoms with Gasteiger partial charge in [0.05, 0.1) is 23.2 Å². The Morgan fingerprint density at radius 2 is 1.21 bits per heavy atom. The third kappa shape index (κ3) is 10.7. The van der Waals surface area contributed by atoms with Crippen molar-refractivity contribution in [3.8, 4) is 0 Å². The van der Waals surface area contributed by atoms with Crippen LogP contribution in [-0.4, -0.2) is 52.9 Å². The van der Waals surface area contributed by atoms with Crippen LogP contribution in [0.4, 0.5) is 18.0 Å². The van der Waals surface area contributed by atoms with Gasteiger partial charge in [0.25, 0.3) is 12.7 Å². The number of carbonyl (C=O) groups is 1. The zero-order valence-corrected chi connectivity index (χ0v) is 17.1. The number of halogens is 3. The van der Waals surface area contributed by atoms with Crippen molar-refractivity contribution >= 4 is 26.3 Å². The summed E-state index contributed by atoms with van der Waals surface area (Å²) in [6, 6.07) is -0.0700. The average Bonchev–Trinajstić information content (AvgIpc) is 3.20. The van der Waals surface area contributed by atoms with Crippen LogP contribution in [0.2, 0.25) is 0 Å². The fourth-order valence-corrected chi connectivity index (χ4v) is 1.52. The monoisotopic (exact) mass is 464 g/mol. The molecule has 0 atom stereocenters. The predicted octanol–water partition coefficient (Wildman–Crippen LogP) is -0.366. The average molecular weight is 464 g/mol. The first kappa shape index (κ1) is 26.7. The quantitative estimate of drug-likeness (QED) is 0.334. The summed E-state index contributed by atoms with van der Waals surface area (Å²) in [5.41, 5.74) is -5.65. The van der Waals surface area contributed by atoms with Gasteiger partial charge in [-0.15, -0.1) is 9.13 Å². The fraction of sp³-hybridized carbons (Fsp3) is 0.462. The lowest BCUT2D eigenvalue weighted by Crippen LogP contribution is -2.31. The summed E-state index contributed by atoms with van der Waals surface area (Å²) in [5, 5.41) is 0. The molecule has 166 valence electrons. The molecule has 2 aromatic rings. The van der Waals surface area contributed by atoms with Crippen LogP contribution in [0.5, 0.6) is 0 Å². The minimum absolute atomic E-state index is 0.0700. The van der Waals surface area contributed by atoms with Gasteiger partial charge < -0.3 is 9.11 Å². The number of aryl methyl sites for hydroxylation is 2. The SMILES string of the molecule is CC[n+]1ccn(C(=O)n2cc[n+](CC)c2)c1.CS(=O)(=O)[O-].O=S(=O)([O-])C(F)(F)F. The third-order valence-electron chi connectivity index (χ3n) is 2.84. The minimum Gasteiger partial charge on any atom is -0.748 e. The van der Waals surface area contributed by atoms with Crippen molar-refractivity contribution in [2.75, 3.05) is 6.26 Å². The molecule has 0 bridgehead atoms. The van der Waals surface area contributed by atoms with Gasteiger partial charge in [-0.25, -0.2) is 26.0 Å². The molecule has 0 unspecified atom stereocenters. The van der Waals surface area contributed by atoms with E-state index in [-0.39, 0.29) is 6.03 Å². The second kappa shape index (κ2) is 10.5. The molecule has 29 heavy (non-hydrogen) atoms. The van der Waals surface area contributed by atoms with Crippen LogP contribution in [-0.2, 0) is 33.3 Å². The van der Waals surface area contributed by atoms with E-state index in [1.165, 1.54) is 0 Å². The lowest BCUT2D eigenvalue weighted by Gasteiger charge is -2.08. The normalized spacial score (nSPS) is 11.7. The molecule has 2 aromatic heterocycles. The lowest BCUT2D eigenvalue weighted by molar-refractivity contribution is -0.693. The molecule has 0 radical (unpaired) electrons. The minimum atomic E-state index is -6.09. The molecule has 16 heteroatoms. The smallest absolute Gasteiger partial charge is 0.513 e. The van der Waals surface area contributed by atoms with Gasteiger partial charge in [0.15, 0.2) is 10.1 Å². The first-order valence-corrected chi connectivity index (χ1v) is 10.8. The van der Waals surface area contributed by atoms with Crippen LogP contribution in [0.15, 0.2) is 37.4 Å². The standard InChI is InChI=1S/C11H16N4O.CHF3O3S.CH4O3S/c1-3-12-5-7-14(9-12)11(16)15-8-6-13(4-2)10-15;2-1(3,4)8(5,6)7;1-5(2,3)4/h5-10H,3-4H2,1-2H3;(H,5,6,7);1H3,(H,2,3,4)/q+2;;/p-2. The van der Waals surface area contributed by atoms with Crippen LogP contribution >= 0.6 is 0 Å². The molecule has 2 rings (SSSR count). The van der Waals surface area contributed by atoms with E-state index in [0.717, 1.165) is 13.1 Å². The lowest BCUT2D eigenvalue weighted by atomic mass is 10.7. The maximum Gasteiger partial charge on any atom is 0.513 e. The van der Waals surface area contributed by atoms with Gasteiger partial charge in [-0.2, -0.15) is 18.0 Å². The number of alkyl halides is 3. The summed E-state index contributed by atoms with van der Waals surface area (Å²) in [5.74, 6) is 0. The van der Waals surface area contributed by atoms with Crippen LogP contribution < -0.4 is 9.13 Å². The molecular formula is C13H19F3N4O7S2. The first-order valence-electron chi connectivity index (χ1n) is 7.61. The summed E-state index contributed by atoms with van der Waals surface area (Å²) >= 11 is 0. The Labute approximate surface area is 165 Å². The number of hydrogen-bond acceptors (Lipinski definition) is 7. The molecule has 2 heterocycles. The van der Waals surface area contributed by atoms with E-state index in [2.05, 4.69) is 0 Å². The van der Waals surface area contributed by atoms with Crippen molar-refractivity contribution in [3.05, 3.63) is 37.4 Å². The van der Waals surface area contributed by atoms with Gasteiger partial charge in [0.1, 0.15) is 24.8 Å². The summed E-state index contributed by atoms with van der Waals surface area (Å²) in [4.78, 5) is 12.0. The molecule has 0 aliphatic heterocycles. The van der Waals surface area contributed by atoms with E-state index >= 15 is 0 Å². The second-order valence-electron chi connectivity index (χ2n) is 5.19. The Kier molecular flexibility index (Phi) is 9.64. The Morgan fingerprint density at radius 3 is 1.38 bits per heavy atom. The van der Waals surface area contributed by atoms with E-state index in [4.69, 9.17) is 25.9 Å². The number of aromatic nitrogens is 4. The van der Waals surface area contributed by atoms with Crippen LogP contribution in [0, 0.1) is 0 Å². The van der Waals surface area contributed by atoms with E-state index in [0.29, 0.717) is 6.26 Å². The zero-order chi connectivity index (χ0) is 23.0. The maximum atomic E-state index is 12.0. The summed E-state index contributed by atoms with van der Waals surface area (Å²) in [7, 11) is -10.0. The van der Waals surface area contributed by atoms with Gasteiger partial charge in [-0.3, -0.25) is 0 Å². The molecule has 0 amide bonds. The number of carbonyl (C=O) groups excluding carboxylic acids is 1. The van der Waals surface area contributed by atoms with Gasteiger partial charge >= 0.3 is 11.5 Å². The Hall–Kier alpha value is -2.30. The first-order chi connectivity index (χ1) is 13.0. The van der Waals surface area contributed by atoms with E-state index in [9.17, 15) is 18.0 Å². The molecule has 11 nitrogen and oxygen atoms in total. The van der Waals surface area contributed by atoms with Crippen LogP contribution in [0.1, 0.15) is 13.8 Å². The Morgan fingerprint density at radius 1 is 0.931 bits per heavy atom. The fourth-order valence-electron chi connectivity index (χ4n) is 1.52. The number of rotatable bonds is 2. The van der Waals surface area contributed by atoms with Crippen LogP contribution in [0.3, 0.4) is 0 Å². The Bertz CT molecular complexity index is 959. The van der Waals surface area contributed by atoms with E-state index < -0.39 is 25.7 Å². The van der Waals surface area contributed by atoms with E-state index in [1.807, 2.05) is 35.4 Å². The van der Waals surface area contributed by atoms with Crippen molar-refractivity contribution in [1.29, 1.82) is 0 Å². The highest BCUT2D eigenvalue weighted by molar-refractivity contribution is 7.86. The van der Waals surface area contributed by atoms with Crippen molar-refractivity contribution < 1.29 is 53.0 Å². The summed E-state index contributed by atoms with van der Waals surface area (Å²) < 4.78 is 93.2. The molecule has 0 saturated heterocycles. The number of hydrogen-bond donors (Lipinski definition) is 0. The van der Waals surface area contributed by atoms with Gasteiger partial charge in [0.2, 0.25) is 0 Å². The van der Waals surface area contributed by atoms with Gasteiger partial charge in [0, 0.05) is 6.26 Å². The molecule has 0 saturated carbocycles. The van der Waals surface area contributed by atoms with Crippen molar-refractivity contribution in [1.82, 2.24) is 9.13 Å². The van der Waals surface area contributed by atoms with Crippen molar-refractivity contribution in [2.24, 2.45) is 0 Å². The molecular weight excluding hydrogens is 445 g/mol. The molecule has 0 aliphatic carbocycles. The Balaban J connectivity index is 0.000000506. The third-order valence-corrected chi connectivity index (χ3v) is 3.41. The summed E-state index contributed by atoms with van der Waals surface area (Å²) in [6.07, 6.45) is 11.5. The highest BCUT2D eigenvalue weighted by Gasteiger charge is 2.36. The van der Waals surface area contributed by atoms with E-state index in [1.54, 1.807) is 34.2 Å². The molecule has 0 N–H and O–H groups in total. The topological polar surface area (TPSA) is 149 Å². The zero-order valence-electron chi connectivity index (χ0n) is 15.5. The number of nitrogens with zero attached hydrogens (tertiary/aromatic N) is 4. The molecule has 0 aliphatic rings. The van der Waals surface area contributed by atoms with Crippen LogP contribution in [0.25, 0.3) is 0 Å². The largest absolute Gasteiger partial charge is 0.748 e. The summed E-state index contributed by atoms with van der Waals surface area (Å²) in [6.45, 7) is 5.80. The van der Waals surface area contributed by atoms with Crippen molar-refractivity contribution in [2.45, 2.75) is 32.4 Å². The highest BCUT2D eigenvalue weighted by atomic mass is 32.2. The van der Waals surface area contributed by atoms with Gasteiger partial charge in [-0.05, 0) is 13.8 Å². The molecule has 0 fully saturated rings. The molecule has 0 aromatic carbocycles. The predicted molar refractivity (Wildman–Crippen MR) is 88.2 cm³/mol.